The van der Waals surface area contributed by atoms with E-state index in [0.29, 0.717) is 41.5 Å². The van der Waals surface area contributed by atoms with Crippen molar-refractivity contribution in [2.75, 3.05) is 19.0 Å². The number of carbonyl (C=O) groups is 2. The summed E-state index contributed by atoms with van der Waals surface area (Å²) < 4.78 is 11.0. The van der Waals surface area contributed by atoms with E-state index < -0.39 is 11.8 Å². The van der Waals surface area contributed by atoms with Crippen LogP contribution in [0, 0.1) is 5.92 Å². The first-order chi connectivity index (χ1) is 15.9. The molecular weight excluding hydrogens is 420 g/mol. The Balaban J connectivity index is 1.81. The lowest BCUT2D eigenvalue weighted by molar-refractivity contribution is -0.122. The van der Waals surface area contributed by atoms with Gasteiger partial charge in [0.25, 0.3) is 5.91 Å². The molecule has 0 aromatic heterocycles. The standard InChI is InChI=1S/C26H28N2O5/c1-4-33-22-14-16(12-13-19(22)29)24-23(15(2)27-18-9-7-10-20(30)25(18)24)26(31)28-17-8-5-6-11-21(17)32-3/h5-6,8,11-14,24-25,29H,4,7,9-10H2,1-3H3,(H,28,31)/t24-,25?/m0/s1. The maximum Gasteiger partial charge on any atom is 0.254 e. The number of hydrogen-bond donors (Lipinski definition) is 2. The van der Waals surface area contributed by atoms with Gasteiger partial charge < -0.3 is 19.9 Å². The zero-order valence-electron chi connectivity index (χ0n) is 19.1. The van der Waals surface area contributed by atoms with E-state index in [4.69, 9.17) is 14.5 Å². The van der Waals surface area contributed by atoms with E-state index in [-0.39, 0.29) is 17.4 Å². The van der Waals surface area contributed by atoms with Crippen molar-refractivity contribution < 1.29 is 24.2 Å². The van der Waals surface area contributed by atoms with Gasteiger partial charge in [0.2, 0.25) is 0 Å². The molecular formula is C26H28N2O5. The number of Topliss-reactive ketones (excluding diaryl/α,β-unsaturated/α-hetero) is 1. The van der Waals surface area contributed by atoms with E-state index >= 15 is 0 Å². The fraction of sp³-hybridized carbons (Fsp3) is 0.346. The molecule has 2 aromatic carbocycles. The van der Waals surface area contributed by atoms with Crippen molar-refractivity contribution in [2.45, 2.75) is 39.0 Å². The number of fused-ring (bicyclic) bond motifs is 1. The summed E-state index contributed by atoms with van der Waals surface area (Å²) in [6.07, 6.45) is 1.94. The Morgan fingerprint density at radius 2 is 1.94 bits per heavy atom. The van der Waals surface area contributed by atoms with Crippen LogP contribution in [0.25, 0.3) is 0 Å². The third-order valence-corrected chi connectivity index (χ3v) is 6.15. The number of phenolic OH excluding ortho intramolecular Hbond substituents is 1. The van der Waals surface area contributed by atoms with Crippen molar-refractivity contribution in [3.05, 3.63) is 59.3 Å². The zero-order valence-corrected chi connectivity index (χ0v) is 19.1. The van der Waals surface area contributed by atoms with Crippen LogP contribution in [-0.4, -0.2) is 36.2 Å². The Morgan fingerprint density at radius 3 is 2.70 bits per heavy atom. The largest absolute Gasteiger partial charge is 0.504 e. The van der Waals surface area contributed by atoms with Gasteiger partial charge in [0, 0.05) is 29.3 Å². The van der Waals surface area contributed by atoms with E-state index in [1.807, 2.05) is 19.1 Å². The van der Waals surface area contributed by atoms with Gasteiger partial charge in [-0.3, -0.25) is 14.6 Å². The number of phenols is 1. The van der Waals surface area contributed by atoms with Crippen molar-refractivity contribution in [1.82, 2.24) is 0 Å². The van der Waals surface area contributed by atoms with Crippen molar-refractivity contribution >= 4 is 23.1 Å². The van der Waals surface area contributed by atoms with E-state index in [2.05, 4.69) is 5.32 Å². The van der Waals surface area contributed by atoms with E-state index in [9.17, 15) is 14.7 Å². The molecule has 1 saturated carbocycles. The molecule has 2 N–H and O–H groups in total. The molecule has 1 unspecified atom stereocenters. The van der Waals surface area contributed by atoms with Crippen LogP contribution in [0.5, 0.6) is 17.2 Å². The Labute approximate surface area is 193 Å². The Hall–Kier alpha value is -3.61. The lowest BCUT2D eigenvalue weighted by atomic mass is 9.69. The topological polar surface area (TPSA) is 97.2 Å². The first-order valence-electron chi connectivity index (χ1n) is 11.2. The number of allylic oxidation sites excluding steroid dienone is 1. The van der Waals surface area contributed by atoms with E-state index in [1.54, 1.807) is 44.4 Å². The summed E-state index contributed by atoms with van der Waals surface area (Å²) in [7, 11) is 1.54. The highest BCUT2D eigenvalue weighted by molar-refractivity contribution is 6.14. The van der Waals surface area contributed by atoms with Crippen molar-refractivity contribution in [3.63, 3.8) is 0 Å². The summed E-state index contributed by atoms with van der Waals surface area (Å²) in [4.78, 5) is 31.4. The lowest BCUT2D eigenvalue weighted by Gasteiger charge is -2.36. The van der Waals surface area contributed by atoms with Crippen molar-refractivity contribution in [3.8, 4) is 17.2 Å². The number of para-hydroxylation sites is 2. The summed E-state index contributed by atoms with van der Waals surface area (Å²) >= 11 is 0. The Bertz CT molecular complexity index is 1150. The van der Waals surface area contributed by atoms with Gasteiger partial charge in [0.15, 0.2) is 11.5 Å². The summed E-state index contributed by atoms with van der Waals surface area (Å²) in [5.74, 6) is -0.428. The number of methoxy groups -OCH3 is 1. The van der Waals surface area contributed by atoms with Gasteiger partial charge in [0.1, 0.15) is 11.5 Å². The summed E-state index contributed by atoms with van der Waals surface area (Å²) in [5, 5.41) is 13.1. The second-order valence-electron chi connectivity index (χ2n) is 8.19. The highest BCUT2D eigenvalue weighted by atomic mass is 16.5. The number of amides is 1. The minimum Gasteiger partial charge on any atom is -0.504 e. The molecule has 1 aliphatic heterocycles. The lowest BCUT2D eigenvalue weighted by Crippen LogP contribution is -2.39. The molecule has 1 fully saturated rings. The number of carbonyl (C=O) groups excluding carboxylic acids is 2. The molecule has 1 heterocycles. The molecule has 0 saturated heterocycles. The molecule has 2 aromatic rings. The molecule has 172 valence electrons. The fourth-order valence-corrected chi connectivity index (χ4v) is 4.71. The van der Waals surface area contributed by atoms with E-state index in [0.717, 1.165) is 24.1 Å². The fourth-order valence-electron chi connectivity index (χ4n) is 4.71. The number of aromatic hydroxyl groups is 1. The molecule has 2 atom stereocenters. The van der Waals surface area contributed by atoms with Crippen LogP contribution in [-0.2, 0) is 9.59 Å². The van der Waals surface area contributed by atoms with Crippen LogP contribution >= 0.6 is 0 Å². The first-order valence-corrected chi connectivity index (χ1v) is 11.2. The number of nitrogens with one attached hydrogen (secondary N) is 1. The molecule has 4 rings (SSSR count). The molecule has 7 nitrogen and oxygen atoms in total. The van der Waals surface area contributed by atoms with Crippen LogP contribution < -0.4 is 14.8 Å². The number of hydrogen-bond acceptors (Lipinski definition) is 6. The average Bonchev–Trinajstić information content (AvgIpc) is 2.80. The third kappa shape index (κ3) is 4.35. The van der Waals surface area contributed by atoms with Gasteiger partial charge in [0.05, 0.1) is 25.3 Å². The SMILES string of the molecule is CCOc1cc([C@H]2C(C(=O)Nc3ccccc3OC)=C(C)N=C3CCCC(=O)C32)ccc1O. The minimum absolute atomic E-state index is 0.0148. The predicted octanol–water partition coefficient (Wildman–Crippen LogP) is 4.62. The number of ketones is 1. The molecule has 1 aliphatic carbocycles. The maximum atomic E-state index is 13.6. The van der Waals surface area contributed by atoms with Crippen LogP contribution in [0.3, 0.4) is 0 Å². The second kappa shape index (κ2) is 9.48. The number of nitrogens with zero attached hydrogens (tertiary/aromatic N) is 1. The molecule has 0 bridgehead atoms. The van der Waals surface area contributed by atoms with Gasteiger partial charge in [-0.05, 0) is 56.5 Å². The van der Waals surface area contributed by atoms with E-state index in [1.165, 1.54) is 0 Å². The Morgan fingerprint density at radius 1 is 1.15 bits per heavy atom. The Kier molecular flexibility index (Phi) is 6.49. The molecule has 2 aliphatic rings. The number of benzene rings is 2. The average molecular weight is 449 g/mol. The van der Waals surface area contributed by atoms with Crippen LogP contribution in [0.2, 0.25) is 0 Å². The highest BCUT2D eigenvalue weighted by Crippen LogP contribution is 2.45. The smallest absolute Gasteiger partial charge is 0.254 e. The zero-order chi connectivity index (χ0) is 23.5. The predicted molar refractivity (Wildman–Crippen MR) is 126 cm³/mol. The molecule has 0 spiro atoms. The van der Waals surface area contributed by atoms with Crippen LogP contribution in [0.4, 0.5) is 5.69 Å². The number of rotatable bonds is 6. The number of aliphatic imine (C=N–C) groups is 1. The van der Waals surface area contributed by atoms with Gasteiger partial charge in [-0.25, -0.2) is 0 Å². The van der Waals surface area contributed by atoms with Gasteiger partial charge in [-0.1, -0.05) is 18.2 Å². The molecule has 33 heavy (non-hydrogen) atoms. The van der Waals surface area contributed by atoms with Crippen LogP contribution in [0.1, 0.15) is 44.6 Å². The third-order valence-electron chi connectivity index (χ3n) is 6.15. The second-order valence-corrected chi connectivity index (χ2v) is 8.19. The summed E-state index contributed by atoms with van der Waals surface area (Å²) in [6, 6.07) is 12.2. The summed E-state index contributed by atoms with van der Waals surface area (Å²) in [5.41, 5.74) is 3.09. The number of ether oxygens (including phenoxy) is 2. The monoisotopic (exact) mass is 448 g/mol. The summed E-state index contributed by atoms with van der Waals surface area (Å²) in [6.45, 7) is 4.02. The van der Waals surface area contributed by atoms with Crippen molar-refractivity contribution in [2.24, 2.45) is 10.9 Å². The van der Waals surface area contributed by atoms with Crippen LogP contribution in [0.15, 0.2) is 58.7 Å². The molecule has 7 heteroatoms. The van der Waals surface area contributed by atoms with Gasteiger partial charge in [-0.2, -0.15) is 0 Å². The first kappa shape index (κ1) is 22.6. The minimum atomic E-state index is -0.528. The normalized spacial score (nSPS) is 20.1. The highest BCUT2D eigenvalue weighted by Gasteiger charge is 2.43. The number of anilines is 1. The quantitative estimate of drug-likeness (QED) is 0.672. The molecule has 1 amide bonds. The van der Waals surface area contributed by atoms with Gasteiger partial charge >= 0.3 is 0 Å². The molecule has 0 radical (unpaired) electrons. The maximum absolute atomic E-state index is 13.6. The van der Waals surface area contributed by atoms with Crippen molar-refractivity contribution in [1.29, 1.82) is 0 Å². The van der Waals surface area contributed by atoms with Gasteiger partial charge in [-0.15, -0.1) is 0 Å².